The standard InChI is InChI=1S/C23H48NO2.CH4O4S/c1-3-4-5-6-7-8-9-10-11-12-13-14-15-16-17-18-19-24(2,20-22-25)21-23-26;1-5-6(2,3)4/h10-11,25-26H,3-9,12-23H2,1-2H3;1H3,(H,2,3,4)/q+1;/p-1. The molecule has 0 saturated heterocycles. The Morgan fingerprint density at radius 3 is 1.50 bits per heavy atom. The molecule has 0 rings (SSSR count). The van der Waals surface area contributed by atoms with Crippen LogP contribution in [0.2, 0.25) is 0 Å². The highest BCUT2D eigenvalue weighted by Gasteiger charge is 2.19. The van der Waals surface area contributed by atoms with Gasteiger partial charge >= 0.3 is 0 Å². The molecule has 0 aromatic heterocycles. The summed E-state index contributed by atoms with van der Waals surface area (Å²) in [4.78, 5) is 0. The highest BCUT2D eigenvalue weighted by atomic mass is 32.3. The molecule has 0 radical (unpaired) electrons. The van der Waals surface area contributed by atoms with Crippen molar-refractivity contribution in [3.63, 3.8) is 0 Å². The van der Waals surface area contributed by atoms with E-state index in [0.717, 1.165) is 31.2 Å². The van der Waals surface area contributed by atoms with E-state index in [4.69, 9.17) is 10.2 Å². The minimum atomic E-state index is -4.41. The van der Waals surface area contributed by atoms with E-state index in [9.17, 15) is 13.0 Å². The second-order valence-electron chi connectivity index (χ2n) is 8.75. The molecule has 0 spiro atoms. The maximum atomic E-state index is 9.22. The van der Waals surface area contributed by atoms with Crippen LogP contribution in [0.3, 0.4) is 0 Å². The lowest BCUT2D eigenvalue weighted by atomic mass is 10.1. The molecule has 0 aromatic rings. The molecule has 2 N–H and O–H groups in total. The van der Waals surface area contributed by atoms with E-state index in [2.05, 4.69) is 30.3 Å². The predicted molar refractivity (Wildman–Crippen MR) is 131 cm³/mol. The van der Waals surface area contributed by atoms with Crippen molar-refractivity contribution < 1.29 is 31.8 Å². The molecule has 0 bridgehead atoms. The van der Waals surface area contributed by atoms with E-state index >= 15 is 0 Å². The molecule has 194 valence electrons. The fraction of sp³-hybridized carbons (Fsp3) is 0.917. The summed E-state index contributed by atoms with van der Waals surface area (Å²) in [5, 5.41) is 18.3. The Kier molecular flexibility index (Phi) is 24.9. The number of quaternary nitrogens is 1. The molecule has 0 aliphatic heterocycles. The van der Waals surface area contributed by atoms with Crippen LogP contribution in [0.5, 0.6) is 0 Å². The molecule has 0 unspecified atom stereocenters. The highest BCUT2D eigenvalue weighted by molar-refractivity contribution is 7.80. The van der Waals surface area contributed by atoms with Gasteiger partial charge in [0.25, 0.3) is 0 Å². The summed E-state index contributed by atoms with van der Waals surface area (Å²) in [5.74, 6) is 0. The van der Waals surface area contributed by atoms with Crippen molar-refractivity contribution in [3.8, 4) is 0 Å². The monoisotopic (exact) mass is 481 g/mol. The van der Waals surface area contributed by atoms with Crippen molar-refractivity contribution in [2.75, 3.05) is 47.0 Å². The number of unbranched alkanes of at least 4 members (excludes halogenated alkanes) is 12. The zero-order chi connectivity index (χ0) is 24.6. The number of nitrogens with zero attached hydrogens (tertiary/aromatic N) is 1. The van der Waals surface area contributed by atoms with Gasteiger partial charge in [-0.1, -0.05) is 70.4 Å². The van der Waals surface area contributed by atoms with E-state index < -0.39 is 10.4 Å². The Hall–Kier alpha value is -0.510. The van der Waals surface area contributed by atoms with E-state index in [1.807, 2.05) is 0 Å². The molecule has 0 aliphatic rings. The maximum absolute atomic E-state index is 9.22. The van der Waals surface area contributed by atoms with E-state index in [1.165, 1.54) is 89.9 Å². The Morgan fingerprint density at radius 2 is 1.12 bits per heavy atom. The predicted octanol–water partition coefficient (Wildman–Crippen LogP) is 4.55. The zero-order valence-corrected chi connectivity index (χ0v) is 21.8. The van der Waals surface area contributed by atoms with Crippen molar-refractivity contribution >= 4 is 10.4 Å². The first-order valence-electron chi connectivity index (χ1n) is 12.5. The van der Waals surface area contributed by atoms with Gasteiger partial charge in [-0.15, -0.1) is 0 Å². The van der Waals surface area contributed by atoms with Crippen LogP contribution in [0.1, 0.15) is 96.8 Å². The average Bonchev–Trinajstić information content (AvgIpc) is 2.74. The average molecular weight is 482 g/mol. The molecular weight excluding hydrogens is 430 g/mol. The molecule has 0 aliphatic carbocycles. The summed E-state index contributed by atoms with van der Waals surface area (Å²) in [6.07, 6.45) is 23.5. The van der Waals surface area contributed by atoms with Crippen molar-refractivity contribution in [2.24, 2.45) is 0 Å². The van der Waals surface area contributed by atoms with Crippen LogP contribution in [0.15, 0.2) is 12.2 Å². The van der Waals surface area contributed by atoms with Gasteiger partial charge in [-0.25, -0.2) is 8.42 Å². The van der Waals surface area contributed by atoms with Crippen molar-refractivity contribution in [1.29, 1.82) is 0 Å². The Bertz CT molecular complexity index is 505. The van der Waals surface area contributed by atoms with Gasteiger partial charge in [0.15, 0.2) is 0 Å². The van der Waals surface area contributed by atoms with E-state index in [1.54, 1.807) is 0 Å². The fourth-order valence-corrected chi connectivity index (χ4v) is 3.56. The van der Waals surface area contributed by atoms with E-state index in [-0.39, 0.29) is 13.2 Å². The molecule has 0 fully saturated rings. The van der Waals surface area contributed by atoms with Gasteiger partial charge in [-0.2, -0.15) is 0 Å². The smallest absolute Gasteiger partial charge is 0.217 e. The Labute approximate surface area is 198 Å². The normalized spacial score (nSPS) is 12.2. The number of rotatable bonds is 21. The number of aliphatic hydroxyl groups is 2. The minimum Gasteiger partial charge on any atom is -0.726 e. The summed E-state index contributed by atoms with van der Waals surface area (Å²) < 4.78 is 31.8. The molecule has 0 aromatic carbocycles. The third-order valence-electron chi connectivity index (χ3n) is 5.69. The van der Waals surface area contributed by atoms with Gasteiger partial charge in [0.1, 0.15) is 13.1 Å². The first kappa shape index (κ1) is 33.7. The quantitative estimate of drug-likeness (QED) is 0.0819. The molecule has 8 heteroatoms. The van der Waals surface area contributed by atoms with Crippen molar-refractivity contribution in [1.82, 2.24) is 0 Å². The first-order chi connectivity index (χ1) is 15.2. The van der Waals surface area contributed by atoms with Crippen LogP contribution in [0, 0.1) is 0 Å². The molecule has 0 saturated carbocycles. The van der Waals surface area contributed by atoms with Gasteiger partial charge in [-0.05, 0) is 38.5 Å². The lowest BCUT2D eigenvalue weighted by Crippen LogP contribution is -2.48. The summed E-state index contributed by atoms with van der Waals surface area (Å²) in [6.45, 7) is 5.28. The van der Waals surface area contributed by atoms with Crippen LogP contribution in [-0.4, -0.2) is 74.7 Å². The molecular formula is C24H51NO6S. The minimum absolute atomic E-state index is 0.211. The molecule has 0 heterocycles. The van der Waals surface area contributed by atoms with Gasteiger partial charge in [0.2, 0.25) is 10.4 Å². The van der Waals surface area contributed by atoms with Crippen LogP contribution >= 0.6 is 0 Å². The SMILES string of the molecule is CCCCCCCCC=CCCCCCCCC[N+](C)(CCO)CCO.COS(=O)(=O)[O-]. The van der Waals surface area contributed by atoms with E-state index in [0.29, 0.717) is 0 Å². The van der Waals surface area contributed by atoms with Crippen LogP contribution in [0.25, 0.3) is 0 Å². The molecule has 0 atom stereocenters. The van der Waals surface area contributed by atoms with Crippen molar-refractivity contribution in [3.05, 3.63) is 12.2 Å². The number of aliphatic hydroxyl groups excluding tert-OH is 2. The number of hydrogen-bond donors (Lipinski definition) is 2. The topological polar surface area (TPSA) is 107 Å². The van der Waals surface area contributed by atoms with Gasteiger partial charge in [0, 0.05) is 0 Å². The number of allylic oxidation sites excluding steroid dienone is 2. The van der Waals surface area contributed by atoms with Gasteiger partial charge < -0.3 is 19.2 Å². The fourth-order valence-electron chi connectivity index (χ4n) is 3.56. The van der Waals surface area contributed by atoms with Gasteiger partial charge in [0.05, 0.1) is 33.9 Å². The third-order valence-corrected chi connectivity index (χ3v) is 6.10. The maximum Gasteiger partial charge on any atom is 0.217 e. The third kappa shape index (κ3) is 27.5. The summed E-state index contributed by atoms with van der Waals surface area (Å²) in [7, 11) is -1.46. The first-order valence-corrected chi connectivity index (χ1v) is 13.8. The number of hydrogen-bond acceptors (Lipinski definition) is 6. The molecule has 7 nitrogen and oxygen atoms in total. The lowest BCUT2D eigenvalue weighted by molar-refractivity contribution is -0.910. The van der Waals surface area contributed by atoms with Crippen molar-refractivity contribution in [2.45, 2.75) is 96.8 Å². The highest BCUT2D eigenvalue weighted by Crippen LogP contribution is 2.11. The second kappa shape index (κ2) is 23.6. The summed E-state index contributed by atoms with van der Waals surface area (Å²) in [6, 6.07) is 0. The molecule has 32 heavy (non-hydrogen) atoms. The van der Waals surface area contributed by atoms with Crippen LogP contribution in [0.4, 0.5) is 0 Å². The Morgan fingerprint density at radius 1 is 0.750 bits per heavy atom. The summed E-state index contributed by atoms with van der Waals surface area (Å²) in [5.41, 5.74) is 0. The summed E-state index contributed by atoms with van der Waals surface area (Å²) >= 11 is 0. The van der Waals surface area contributed by atoms with Crippen LogP contribution in [-0.2, 0) is 14.6 Å². The second-order valence-corrected chi connectivity index (χ2v) is 9.90. The van der Waals surface area contributed by atoms with Crippen LogP contribution < -0.4 is 0 Å². The largest absolute Gasteiger partial charge is 0.726 e. The Balaban J connectivity index is 0. The lowest BCUT2D eigenvalue weighted by Gasteiger charge is -2.33. The zero-order valence-electron chi connectivity index (χ0n) is 21.0. The number of likely N-dealkylation sites (N-methyl/N-ethyl adjacent to an activating group) is 1. The molecule has 0 amide bonds. The van der Waals surface area contributed by atoms with Gasteiger partial charge in [-0.3, -0.25) is 4.18 Å².